The molecule has 0 aliphatic rings. The smallest absolute Gasteiger partial charge is 0.233 e. The molecule has 0 fully saturated rings. The van der Waals surface area contributed by atoms with Gasteiger partial charge in [0.05, 0.1) is 17.1 Å². The number of hydrogen-bond donors (Lipinski definition) is 1. The summed E-state index contributed by atoms with van der Waals surface area (Å²) in [4.78, 5) is 1.78. The molecule has 0 heterocycles. The van der Waals surface area contributed by atoms with Gasteiger partial charge < -0.3 is 4.90 Å². The second kappa shape index (κ2) is 7.31. The van der Waals surface area contributed by atoms with Crippen molar-refractivity contribution in [2.24, 2.45) is 5.92 Å². The lowest BCUT2D eigenvalue weighted by Gasteiger charge is -2.24. The first-order valence-corrected chi connectivity index (χ1v) is 8.93. The van der Waals surface area contributed by atoms with Crippen molar-refractivity contribution in [3.8, 4) is 0 Å². The zero-order valence-electron chi connectivity index (χ0n) is 12.7. The summed E-state index contributed by atoms with van der Waals surface area (Å²) in [5, 5.41) is 0. The minimum atomic E-state index is -3.53. The number of alkyl halides is 1. The number of halogens is 2. The Morgan fingerprint density at radius 3 is 2.43 bits per heavy atom. The molecule has 0 bridgehead atoms. The molecule has 21 heavy (non-hydrogen) atoms. The highest BCUT2D eigenvalue weighted by Crippen LogP contribution is 2.24. The topological polar surface area (TPSA) is 49.4 Å². The maximum atomic E-state index is 14.1. The van der Waals surface area contributed by atoms with E-state index >= 15 is 0 Å². The molecule has 1 atom stereocenters. The lowest BCUT2D eigenvalue weighted by atomic mass is 10.2. The summed E-state index contributed by atoms with van der Waals surface area (Å²) >= 11 is 5.61. The lowest BCUT2D eigenvalue weighted by Crippen LogP contribution is -2.26. The molecule has 1 N–H and O–H groups in total. The highest BCUT2D eigenvalue weighted by atomic mass is 35.5. The molecule has 0 amide bonds. The van der Waals surface area contributed by atoms with Crippen molar-refractivity contribution in [3.05, 3.63) is 24.0 Å². The molecule has 4 nitrogen and oxygen atoms in total. The molecular formula is C14H22ClFN2O2S. The Balaban J connectivity index is 2.90. The molecule has 0 radical (unpaired) electrons. The SMILES string of the molecule is CC(CCl)CS(=O)(=O)Nc1ccc(N(C)C(C)C)c(F)c1. The number of nitrogens with zero attached hydrogens (tertiary/aromatic N) is 1. The molecule has 0 aliphatic carbocycles. The zero-order valence-corrected chi connectivity index (χ0v) is 14.3. The van der Waals surface area contributed by atoms with Gasteiger partial charge in [-0.3, -0.25) is 4.72 Å². The van der Waals surface area contributed by atoms with E-state index in [1.165, 1.54) is 6.07 Å². The zero-order chi connectivity index (χ0) is 16.2. The second-order valence-electron chi connectivity index (χ2n) is 5.51. The minimum absolute atomic E-state index is 0.0915. The molecular weight excluding hydrogens is 315 g/mol. The van der Waals surface area contributed by atoms with E-state index in [1.54, 1.807) is 31.0 Å². The van der Waals surface area contributed by atoms with Crippen molar-refractivity contribution in [2.75, 3.05) is 28.3 Å². The Labute approximate surface area is 131 Å². The van der Waals surface area contributed by atoms with Crippen LogP contribution in [0.25, 0.3) is 0 Å². The van der Waals surface area contributed by atoms with E-state index in [1.807, 2.05) is 13.8 Å². The number of nitrogens with one attached hydrogen (secondary N) is 1. The van der Waals surface area contributed by atoms with Gasteiger partial charge >= 0.3 is 0 Å². The van der Waals surface area contributed by atoms with E-state index in [2.05, 4.69) is 4.72 Å². The summed E-state index contributed by atoms with van der Waals surface area (Å²) < 4.78 is 40.3. The van der Waals surface area contributed by atoms with E-state index in [0.29, 0.717) is 5.69 Å². The Morgan fingerprint density at radius 1 is 1.33 bits per heavy atom. The van der Waals surface area contributed by atoms with Crippen LogP contribution in [0, 0.1) is 11.7 Å². The van der Waals surface area contributed by atoms with Crippen LogP contribution in [0.5, 0.6) is 0 Å². The summed E-state index contributed by atoms with van der Waals surface area (Å²) in [7, 11) is -1.74. The summed E-state index contributed by atoms with van der Waals surface area (Å²) in [5.74, 6) is -0.462. The minimum Gasteiger partial charge on any atom is -0.370 e. The van der Waals surface area contributed by atoms with E-state index in [0.717, 1.165) is 0 Å². The van der Waals surface area contributed by atoms with Gasteiger partial charge in [-0.15, -0.1) is 11.6 Å². The van der Waals surface area contributed by atoms with E-state index in [9.17, 15) is 12.8 Å². The van der Waals surface area contributed by atoms with Gasteiger partial charge in [0.25, 0.3) is 0 Å². The van der Waals surface area contributed by atoms with Crippen LogP contribution in [0.3, 0.4) is 0 Å². The van der Waals surface area contributed by atoms with Gasteiger partial charge in [-0.25, -0.2) is 12.8 Å². The van der Waals surface area contributed by atoms with Crippen LogP contribution in [-0.4, -0.2) is 33.1 Å². The maximum Gasteiger partial charge on any atom is 0.233 e. The van der Waals surface area contributed by atoms with Gasteiger partial charge in [-0.05, 0) is 31.9 Å². The Bertz CT molecular complexity index is 578. The first-order valence-electron chi connectivity index (χ1n) is 6.75. The average Bonchev–Trinajstić information content (AvgIpc) is 2.36. The highest BCUT2D eigenvalue weighted by Gasteiger charge is 2.17. The fourth-order valence-electron chi connectivity index (χ4n) is 1.77. The molecule has 7 heteroatoms. The van der Waals surface area contributed by atoms with Crippen molar-refractivity contribution in [3.63, 3.8) is 0 Å². The van der Waals surface area contributed by atoms with Gasteiger partial charge in [0, 0.05) is 25.0 Å². The van der Waals surface area contributed by atoms with Crippen molar-refractivity contribution in [1.82, 2.24) is 0 Å². The third-order valence-electron chi connectivity index (χ3n) is 3.14. The molecule has 1 unspecified atom stereocenters. The van der Waals surface area contributed by atoms with Gasteiger partial charge in [0.15, 0.2) is 0 Å². The Kier molecular flexibility index (Phi) is 6.28. The third kappa shape index (κ3) is 5.36. The highest BCUT2D eigenvalue weighted by molar-refractivity contribution is 7.92. The van der Waals surface area contributed by atoms with Crippen LogP contribution in [0.1, 0.15) is 20.8 Å². The number of rotatable bonds is 7. The second-order valence-corrected chi connectivity index (χ2v) is 7.59. The number of sulfonamides is 1. The molecule has 0 saturated heterocycles. The predicted molar refractivity (Wildman–Crippen MR) is 87.2 cm³/mol. The molecule has 0 spiro atoms. The molecule has 0 aliphatic heterocycles. The third-order valence-corrected chi connectivity index (χ3v) is 5.22. The summed E-state index contributed by atoms with van der Waals surface area (Å²) in [6.07, 6.45) is 0. The summed E-state index contributed by atoms with van der Waals surface area (Å²) in [6, 6.07) is 4.46. The van der Waals surface area contributed by atoms with Crippen molar-refractivity contribution in [2.45, 2.75) is 26.8 Å². The van der Waals surface area contributed by atoms with Crippen molar-refractivity contribution >= 4 is 33.0 Å². The van der Waals surface area contributed by atoms with Crippen LogP contribution in [0.4, 0.5) is 15.8 Å². The largest absolute Gasteiger partial charge is 0.370 e. The fourth-order valence-corrected chi connectivity index (χ4v) is 3.45. The fraction of sp³-hybridized carbons (Fsp3) is 0.571. The van der Waals surface area contributed by atoms with Crippen LogP contribution < -0.4 is 9.62 Å². The number of benzene rings is 1. The molecule has 1 rings (SSSR count). The van der Waals surface area contributed by atoms with E-state index < -0.39 is 15.8 Å². The Morgan fingerprint density at radius 2 is 1.95 bits per heavy atom. The van der Waals surface area contributed by atoms with Gasteiger partial charge in [-0.1, -0.05) is 6.92 Å². The quantitative estimate of drug-likeness (QED) is 0.777. The summed E-state index contributed by atoms with van der Waals surface area (Å²) in [6.45, 7) is 5.64. The summed E-state index contributed by atoms with van der Waals surface area (Å²) in [5.41, 5.74) is 0.650. The number of hydrogen-bond acceptors (Lipinski definition) is 3. The van der Waals surface area contributed by atoms with Crippen LogP contribution in [0.2, 0.25) is 0 Å². The molecule has 1 aromatic rings. The van der Waals surface area contributed by atoms with Crippen LogP contribution in [0.15, 0.2) is 18.2 Å². The average molecular weight is 337 g/mol. The molecule has 120 valence electrons. The molecule has 0 aromatic heterocycles. The molecule has 0 saturated carbocycles. The van der Waals surface area contributed by atoms with Crippen LogP contribution >= 0.6 is 11.6 Å². The van der Waals surface area contributed by atoms with Crippen LogP contribution in [-0.2, 0) is 10.0 Å². The van der Waals surface area contributed by atoms with Crippen molar-refractivity contribution in [1.29, 1.82) is 0 Å². The van der Waals surface area contributed by atoms with Gasteiger partial charge in [-0.2, -0.15) is 0 Å². The standard InChI is InChI=1S/C14H22ClFN2O2S/c1-10(2)18(4)14-6-5-12(7-13(14)16)17-21(19,20)9-11(3)8-15/h5-7,10-11,17H,8-9H2,1-4H3. The lowest BCUT2D eigenvalue weighted by molar-refractivity contribution is 0.588. The molecule has 1 aromatic carbocycles. The van der Waals surface area contributed by atoms with E-state index in [4.69, 9.17) is 11.6 Å². The van der Waals surface area contributed by atoms with Gasteiger partial charge in [0.2, 0.25) is 10.0 Å². The van der Waals surface area contributed by atoms with E-state index in [-0.39, 0.29) is 29.3 Å². The number of anilines is 2. The predicted octanol–water partition coefficient (Wildman–Crippen LogP) is 3.29. The van der Waals surface area contributed by atoms with Gasteiger partial charge in [0.1, 0.15) is 5.82 Å². The first-order chi connectivity index (χ1) is 9.66. The monoisotopic (exact) mass is 336 g/mol. The maximum absolute atomic E-state index is 14.1. The normalized spacial score (nSPS) is 13.3. The first kappa shape index (κ1) is 18.0. The van der Waals surface area contributed by atoms with Crippen molar-refractivity contribution < 1.29 is 12.8 Å². The Hall–Kier alpha value is -1.01.